The van der Waals surface area contributed by atoms with Gasteiger partial charge < -0.3 is 19.5 Å². The second-order valence-corrected chi connectivity index (χ2v) is 6.49. The summed E-state index contributed by atoms with van der Waals surface area (Å²) in [5.41, 5.74) is 0. The maximum atomic E-state index is 12.6. The van der Waals surface area contributed by atoms with E-state index >= 15 is 0 Å². The van der Waals surface area contributed by atoms with Crippen molar-refractivity contribution < 1.29 is 19.4 Å². The van der Waals surface area contributed by atoms with E-state index in [9.17, 15) is 9.90 Å². The molecule has 5 heteroatoms. The SMILES string of the molecule is C=CCOCC1CC2OCCN(C(=O)C3CC(O)C3)C2C1. The molecule has 3 aliphatic rings. The number of aliphatic hydroxyl groups excluding tert-OH is 1. The quantitative estimate of drug-likeness (QED) is 0.606. The van der Waals surface area contributed by atoms with E-state index in [1.54, 1.807) is 6.08 Å². The van der Waals surface area contributed by atoms with Crippen LogP contribution in [0.1, 0.15) is 25.7 Å². The Labute approximate surface area is 125 Å². The lowest BCUT2D eigenvalue weighted by Gasteiger charge is -2.42. The molecule has 5 nitrogen and oxygen atoms in total. The number of fused-ring (bicyclic) bond motifs is 1. The highest BCUT2D eigenvalue weighted by Crippen LogP contribution is 2.37. The minimum absolute atomic E-state index is 0.0230. The average Bonchev–Trinajstić information content (AvgIpc) is 2.86. The highest BCUT2D eigenvalue weighted by atomic mass is 16.5. The Morgan fingerprint density at radius 2 is 2.19 bits per heavy atom. The van der Waals surface area contributed by atoms with Gasteiger partial charge in [-0.1, -0.05) is 6.08 Å². The number of carbonyl (C=O) groups is 1. The number of morpholine rings is 1. The van der Waals surface area contributed by atoms with Crippen LogP contribution in [0.5, 0.6) is 0 Å². The summed E-state index contributed by atoms with van der Waals surface area (Å²) in [5, 5.41) is 9.40. The van der Waals surface area contributed by atoms with Crippen molar-refractivity contribution in [2.45, 2.75) is 43.9 Å². The van der Waals surface area contributed by atoms with Gasteiger partial charge in [0.25, 0.3) is 0 Å². The number of hydrogen-bond acceptors (Lipinski definition) is 4. The topological polar surface area (TPSA) is 59.0 Å². The Hall–Kier alpha value is -0.910. The number of carbonyl (C=O) groups excluding carboxylic acids is 1. The number of amides is 1. The molecule has 0 aromatic heterocycles. The third-order valence-electron chi connectivity index (χ3n) is 4.97. The van der Waals surface area contributed by atoms with Crippen LogP contribution in [0.4, 0.5) is 0 Å². The number of nitrogens with zero attached hydrogens (tertiary/aromatic N) is 1. The van der Waals surface area contributed by atoms with Crippen LogP contribution in [-0.2, 0) is 14.3 Å². The zero-order valence-electron chi connectivity index (χ0n) is 12.4. The smallest absolute Gasteiger partial charge is 0.226 e. The van der Waals surface area contributed by atoms with Gasteiger partial charge >= 0.3 is 0 Å². The summed E-state index contributed by atoms with van der Waals surface area (Å²) in [6, 6.07) is 0.196. The van der Waals surface area contributed by atoms with E-state index in [-0.39, 0.29) is 30.1 Å². The van der Waals surface area contributed by atoms with Crippen LogP contribution < -0.4 is 0 Å². The Kier molecular flexibility index (Phi) is 4.62. The Balaban J connectivity index is 1.56. The van der Waals surface area contributed by atoms with Crippen molar-refractivity contribution in [3.63, 3.8) is 0 Å². The van der Waals surface area contributed by atoms with Crippen molar-refractivity contribution in [3.8, 4) is 0 Å². The third-order valence-corrected chi connectivity index (χ3v) is 4.97. The number of ether oxygens (including phenoxy) is 2. The molecular formula is C16H25NO4. The molecule has 3 unspecified atom stereocenters. The van der Waals surface area contributed by atoms with Gasteiger partial charge in [0.1, 0.15) is 0 Å². The Bertz CT molecular complexity index is 394. The molecule has 1 N–H and O–H groups in total. The number of rotatable bonds is 5. The minimum atomic E-state index is -0.278. The second kappa shape index (κ2) is 6.46. The van der Waals surface area contributed by atoms with Crippen molar-refractivity contribution in [1.29, 1.82) is 0 Å². The van der Waals surface area contributed by atoms with Crippen LogP contribution in [0, 0.1) is 11.8 Å². The predicted molar refractivity (Wildman–Crippen MR) is 77.7 cm³/mol. The third kappa shape index (κ3) is 3.15. The Morgan fingerprint density at radius 3 is 2.90 bits per heavy atom. The lowest BCUT2D eigenvalue weighted by Crippen LogP contribution is -2.55. The summed E-state index contributed by atoms with van der Waals surface area (Å²) >= 11 is 0. The fourth-order valence-corrected chi connectivity index (χ4v) is 3.80. The largest absolute Gasteiger partial charge is 0.393 e. The number of hydrogen-bond donors (Lipinski definition) is 1. The lowest BCUT2D eigenvalue weighted by atomic mass is 9.81. The van der Waals surface area contributed by atoms with Gasteiger partial charge in [-0.25, -0.2) is 0 Å². The van der Waals surface area contributed by atoms with E-state index < -0.39 is 0 Å². The van der Waals surface area contributed by atoms with Crippen molar-refractivity contribution in [2.75, 3.05) is 26.4 Å². The number of aliphatic hydroxyl groups is 1. The maximum Gasteiger partial charge on any atom is 0.226 e. The molecule has 3 fully saturated rings. The van der Waals surface area contributed by atoms with Crippen LogP contribution in [0.3, 0.4) is 0 Å². The van der Waals surface area contributed by atoms with Crippen molar-refractivity contribution in [3.05, 3.63) is 12.7 Å². The highest BCUT2D eigenvalue weighted by Gasteiger charge is 2.45. The van der Waals surface area contributed by atoms with Gasteiger partial charge in [-0.15, -0.1) is 6.58 Å². The monoisotopic (exact) mass is 295 g/mol. The molecule has 1 heterocycles. The molecule has 0 bridgehead atoms. The van der Waals surface area contributed by atoms with E-state index in [1.807, 2.05) is 4.90 Å². The molecule has 1 aliphatic heterocycles. The second-order valence-electron chi connectivity index (χ2n) is 6.49. The van der Waals surface area contributed by atoms with E-state index in [0.29, 0.717) is 45.1 Å². The Morgan fingerprint density at radius 1 is 1.38 bits per heavy atom. The molecule has 0 radical (unpaired) electrons. The van der Waals surface area contributed by atoms with E-state index in [2.05, 4.69) is 6.58 Å². The van der Waals surface area contributed by atoms with Gasteiger partial charge in [-0.05, 0) is 31.6 Å². The molecule has 118 valence electrons. The molecule has 3 rings (SSSR count). The van der Waals surface area contributed by atoms with Crippen LogP contribution in [0.2, 0.25) is 0 Å². The van der Waals surface area contributed by atoms with Gasteiger partial charge in [0.15, 0.2) is 0 Å². The molecule has 1 amide bonds. The minimum Gasteiger partial charge on any atom is -0.393 e. The van der Waals surface area contributed by atoms with Crippen LogP contribution in [0.15, 0.2) is 12.7 Å². The van der Waals surface area contributed by atoms with Gasteiger partial charge in [-0.2, -0.15) is 0 Å². The molecule has 0 aromatic carbocycles. The normalized spacial score (nSPS) is 38.7. The zero-order valence-corrected chi connectivity index (χ0v) is 12.4. The molecule has 21 heavy (non-hydrogen) atoms. The molecule has 3 atom stereocenters. The van der Waals surface area contributed by atoms with Gasteiger partial charge in [-0.3, -0.25) is 4.79 Å². The summed E-state index contributed by atoms with van der Waals surface area (Å²) < 4.78 is 11.4. The standard InChI is InChI=1S/C16H25NO4/c1-2-4-20-10-11-6-14-15(7-11)21-5-3-17(14)16(19)12-8-13(18)9-12/h2,11-15,18H,1,3-10H2. The molecule has 2 saturated carbocycles. The zero-order chi connectivity index (χ0) is 14.8. The van der Waals surface area contributed by atoms with Crippen molar-refractivity contribution in [1.82, 2.24) is 4.90 Å². The fourth-order valence-electron chi connectivity index (χ4n) is 3.80. The average molecular weight is 295 g/mol. The lowest BCUT2D eigenvalue weighted by molar-refractivity contribution is -0.154. The first-order valence-electron chi connectivity index (χ1n) is 7.97. The first-order chi connectivity index (χ1) is 10.2. The summed E-state index contributed by atoms with van der Waals surface area (Å²) in [6.07, 6.45) is 4.82. The molecule has 0 aromatic rings. The first-order valence-corrected chi connectivity index (χ1v) is 7.97. The van der Waals surface area contributed by atoms with Gasteiger partial charge in [0.2, 0.25) is 5.91 Å². The predicted octanol–water partition coefficient (Wildman–Crippen LogP) is 0.966. The van der Waals surface area contributed by atoms with E-state index in [1.165, 1.54) is 0 Å². The summed E-state index contributed by atoms with van der Waals surface area (Å²) in [7, 11) is 0. The molecule has 0 spiro atoms. The van der Waals surface area contributed by atoms with Crippen LogP contribution in [0.25, 0.3) is 0 Å². The van der Waals surface area contributed by atoms with Crippen LogP contribution >= 0.6 is 0 Å². The summed E-state index contributed by atoms with van der Waals surface area (Å²) in [6.45, 7) is 6.26. The fraction of sp³-hybridized carbons (Fsp3) is 0.812. The van der Waals surface area contributed by atoms with E-state index in [0.717, 1.165) is 12.8 Å². The van der Waals surface area contributed by atoms with Crippen molar-refractivity contribution >= 4 is 5.91 Å². The van der Waals surface area contributed by atoms with E-state index in [4.69, 9.17) is 9.47 Å². The molecule has 1 saturated heterocycles. The highest BCUT2D eigenvalue weighted by molar-refractivity contribution is 5.80. The van der Waals surface area contributed by atoms with Gasteiger partial charge in [0.05, 0.1) is 31.5 Å². The molecular weight excluding hydrogens is 270 g/mol. The first kappa shape index (κ1) is 15.0. The summed E-state index contributed by atoms with van der Waals surface area (Å²) in [4.78, 5) is 14.6. The summed E-state index contributed by atoms with van der Waals surface area (Å²) in [5.74, 6) is 0.696. The molecule has 2 aliphatic carbocycles. The van der Waals surface area contributed by atoms with Crippen LogP contribution in [-0.4, -0.2) is 60.5 Å². The van der Waals surface area contributed by atoms with Crippen molar-refractivity contribution in [2.24, 2.45) is 11.8 Å². The maximum absolute atomic E-state index is 12.6. The van der Waals surface area contributed by atoms with Gasteiger partial charge in [0, 0.05) is 19.1 Å².